The molecule has 33 heavy (non-hydrogen) atoms. The number of sulfone groups is 1. The molecule has 0 spiro atoms. The number of carbonyl (C=O) groups excluding carboxylic acids is 3. The molecule has 1 aliphatic heterocycles. The van der Waals surface area contributed by atoms with E-state index in [1.54, 1.807) is 66.0 Å². The largest absolute Gasteiger partial charge is 0.354 e. The second-order valence-electron chi connectivity index (χ2n) is 7.72. The molecule has 2 heterocycles. The highest BCUT2D eigenvalue weighted by molar-refractivity contribution is 7.91. The third kappa shape index (κ3) is 4.60. The van der Waals surface area contributed by atoms with Gasteiger partial charge in [0.25, 0.3) is 11.8 Å². The average molecular weight is 483 g/mol. The van der Waals surface area contributed by atoms with Crippen molar-refractivity contribution < 1.29 is 22.8 Å². The van der Waals surface area contributed by atoms with Crippen LogP contribution in [0.2, 0.25) is 0 Å². The van der Waals surface area contributed by atoms with Crippen LogP contribution < -0.4 is 5.32 Å². The second-order valence-corrected chi connectivity index (χ2v) is 10.8. The molecule has 0 saturated heterocycles. The van der Waals surface area contributed by atoms with Crippen LogP contribution in [0.3, 0.4) is 0 Å². The molecule has 2 aromatic carbocycles. The van der Waals surface area contributed by atoms with E-state index in [-0.39, 0.29) is 24.4 Å². The molecule has 170 valence electrons. The summed E-state index contributed by atoms with van der Waals surface area (Å²) in [6, 6.07) is 16.6. The molecule has 3 aromatic rings. The molecule has 4 rings (SSSR count). The maximum Gasteiger partial charge on any atom is 0.261 e. The lowest BCUT2D eigenvalue weighted by molar-refractivity contribution is -0.121. The van der Waals surface area contributed by atoms with Gasteiger partial charge in [0.15, 0.2) is 9.84 Å². The Labute approximate surface area is 196 Å². The molecule has 0 fully saturated rings. The van der Waals surface area contributed by atoms with Gasteiger partial charge in [-0.2, -0.15) is 0 Å². The van der Waals surface area contributed by atoms with Crippen LogP contribution in [0.25, 0.3) is 0 Å². The lowest BCUT2D eigenvalue weighted by Gasteiger charge is -2.18. The molecule has 7 nitrogen and oxygen atoms in total. The van der Waals surface area contributed by atoms with Gasteiger partial charge in [0.2, 0.25) is 5.91 Å². The van der Waals surface area contributed by atoms with Crippen molar-refractivity contribution in [2.75, 3.05) is 13.1 Å². The summed E-state index contributed by atoms with van der Waals surface area (Å²) in [5.41, 5.74) is 1.60. The minimum atomic E-state index is -3.74. The van der Waals surface area contributed by atoms with Crippen molar-refractivity contribution in [3.63, 3.8) is 0 Å². The quantitative estimate of drug-likeness (QED) is 0.496. The van der Waals surface area contributed by atoms with E-state index in [9.17, 15) is 22.8 Å². The molecule has 0 radical (unpaired) electrons. The zero-order chi connectivity index (χ0) is 23.6. The number of carbonyl (C=O) groups is 3. The Morgan fingerprint density at radius 1 is 0.970 bits per heavy atom. The minimum Gasteiger partial charge on any atom is -0.354 e. The van der Waals surface area contributed by atoms with Gasteiger partial charge in [0.1, 0.15) is 5.25 Å². The number of fused-ring (bicyclic) bond motifs is 1. The SMILES string of the molecule is Cc1ccc(S(=O)(=O)[C@@H](CNC(=O)CCN2C(=O)c3ccccc3C2=O)c2cccs2)cc1. The first-order chi connectivity index (χ1) is 15.8. The van der Waals surface area contributed by atoms with Crippen LogP contribution in [0.1, 0.15) is 42.8 Å². The Hall–Kier alpha value is -3.30. The van der Waals surface area contributed by atoms with Crippen LogP contribution in [0.5, 0.6) is 0 Å². The Bertz CT molecular complexity index is 1260. The van der Waals surface area contributed by atoms with E-state index in [1.807, 2.05) is 6.92 Å². The van der Waals surface area contributed by atoms with Crippen LogP contribution in [-0.4, -0.2) is 44.1 Å². The third-order valence-corrected chi connectivity index (χ3v) is 8.74. The summed E-state index contributed by atoms with van der Waals surface area (Å²) < 4.78 is 26.6. The van der Waals surface area contributed by atoms with Crippen molar-refractivity contribution in [2.24, 2.45) is 0 Å². The van der Waals surface area contributed by atoms with Crippen molar-refractivity contribution in [1.82, 2.24) is 10.2 Å². The highest BCUT2D eigenvalue weighted by Gasteiger charge is 2.35. The standard InChI is InChI=1S/C24H22N2O5S2/c1-16-8-10-17(11-9-16)33(30,31)21(20-7-4-14-32-20)15-25-22(27)12-13-26-23(28)18-5-2-3-6-19(18)24(26)29/h2-11,14,21H,12-13,15H2,1H3,(H,25,27)/t21-/m0/s1. The van der Waals surface area contributed by atoms with E-state index in [1.165, 1.54) is 11.3 Å². The fourth-order valence-electron chi connectivity index (χ4n) is 3.68. The number of imide groups is 1. The molecule has 0 bridgehead atoms. The number of thiophene rings is 1. The molecule has 1 aromatic heterocycles. The Morgan fingerprint density at radius 2 is 1.61 bits per heavy atom. The normalized spacial score (nSPS) is 14.3. The lowest BCUT2D eigenvalue weighted by Crippen LogP contribution is -2.36. The Kier molecular flexibility index (Phi) is 6.44. The van der Waals surface area contributed by atoms with Crippen molar-refractivity contribution in [2.45, 2.75) is 23.5 Å². The van der Waals surface area contributed by atoms with Crippen molar-refractivity contribution >= 4 is 38.9 Å². The first-order valence-electron chi connectivity index (χ1n) is 10.3. The predicted molar refractivity (Wildman–Crippen MR) is 125 cm³/mol. The second kappa shape index (κ2) is 9.29. The van der Waals surface area contributed by atoms with Crippen LogP contribution in [0.15, 0.2) is 70.9 Å². The van der Waals surface area contributed by atoms with E-state index in [0.717, 1.165) is 10.5 Å². The number of aryl methyl sites for hydroxylation is 1. The maximum absolute atomic E-state index is 13.3. The predicted octanol–water partition coefficient (Wildman–Crippen LogP) is 3.37. The number of benzene rings is 2. The molecule has 9 heteroatoms. The summed E-state index contributed by atoms with van der Waals surface area (Å²) in [5.74, 6) is -1.30. The molecule has 3 amide bonds. The first kappa shape index (κ1) is 22.9. The first-order valence-corrected chi connectivity index (χ1v) is 12.8. The number of nitrogens with zero attached hydrogens (tertiary/aromatic N) is 1. The van der Waals surface area contributed by atoms with Gasteiger partial charge in [-0.1, -0.05) is 35.9 Å². The number of amides is 3. The molecule has 1 atom stereocenters. The van der Waals surface area contributed by atoms with Gasteiger partial charge in [-0.25, -0.2) is 8.42 Å². The minimum absolute atomic E-state index is 0.0768. The molecule has 0 aliphatic carbocycles. The van der Waals surface area contributed by atoms with Gasteiger partial charge in [0, 0.05) is 24.4 Å². The zero-order valence-electron chi connectivity index (χ0n) is 17.9. The van der Waals surface area contributed by atoms with Crippen LogP contribution in [0, 0.1) is 6.92 Å². The summed E-state index contributed by atoms with van der Waals surface area (Å²) in [5, 5.41) is 3.52. The summed E-state index contributed by atoms with van der Waals surface area (Å²) in [7, 11) is -3.74. The van der Waals surface area contributed by atoms with E-state index >= 15 is 0 Å². The fraction of sp³-hybridized carbons (Fsp3) is 0.208. The summed E-state index contributed by atoms with van der Waals surface area (Å²) in [4.78, 5) is 39.3. The smallest absolute Gasteiger partial charge is 0.261 e. The van der Waals surface area contributed by atoms with Gasteiger partial charge in [-0.15, -0.1) is 11.3 Å². The highest BCUT2D eigenvalue weighted by Crippen LogP contribution is 2.31. The molecular weight excluding hydrogens is 460 g/mol. The van der Waals surface area contributed by atoms with Gasteiger partial charge in [-0.3, -0.25) is 19.3 Å². The number of hydrogen-bond acceptors (Lipinski definition) is 6. The summed E-state index contributed by atoms with van der Waals surface area (Å²) >= 11 is 1.31. The molecule has 0 saturated carbocycles. The third-order valence-electron chi connectivity index (χ3n) is 5.51. The van der Waals surface area contributed by atoms with Gasteiger partial charge < -0.3 is 5.32 Å². The van der Waals surface area contributed by atoms with E-state index in [2.05, 4.69) is 5.32 Å². The van der Waals surface area contributed by atoms with E-state index in [4.69, 9.17) is 0 Å². The summed E-state index contributed by atoms with van der Waals surface area (Å²) in [6.45, 7) is 1.69. The van der Waals surface area contributed by atoms with Crippen LogP contribution in [0.4, 0.5) is 0 Å². The molecule has 1 aliphatic rings. The lowest BCUT2D eigenvalue weighted by atomic mass is 10.1. The van der Waals surface area contributed by atoms with Crippen molar-refractivity contribution in [1.29, 1.82) is 0 Å². The molecule has 1 N–H and O–H groups in total. The van der Waals surface area contributed by atoms with E-state index in [0.29, 0.717) is 16.0 Å². The number of nitrogens with one attached hydrogen (secondary N) is 1. The molecule has 0 unspecified atom stereocenters. The fourth-order valence-corrected chi connectivity index (χ4v) is 6.46. The zero-order valence-corrected chi connectivity index (χ0v) is 19.5. The topological polar surface area (TPSA) is 101 Å². The Morgan fingerprint density at radius 3 is 2.18 bits per heavy atom. The van der Waals surface area contributed by atoms with Crippen molar-refractivity contribution in [3.05, 3.63) is 87.6 Å². The van der Waals surface area contributed by atoms with Crippen LogP contribution in [-0.2, 0) is 14.6 Å². The average Bonchev–Trinajstić information content (AvgIpc) is 3.41. The van der Waals surface area contributed by atoms with E-state index < -0.39 is 32.8 Å². The van der Waals surface area contributed by atoms with Gasteiger partial charge >= 0.3 is 0 Å². The van der Waals surface area contributed by atoms with Gasteiger partial charge in [0.05, 0.1) is 16.0 Å². The number of hydrogen-bond donors (Lipinski definition) is 1. The van der Waals surface area contributed by atoms with Gasteiger partial charge in [-0.05, 0) is 42.6 Å². The summed E-state index contributed by atoms with van der Waals surface area (Å²) in [6.07, 6.45) is -0.118. The monoisotopic (exact) mass is 482 g/mol. The van der Waals surface area contributed by atoms with Crippen molar-refractivity contribution in [3.8, 4) is 0 Å². The maximum atomic E-state index is 13.3. The molecular formula is C24H22N2O5S2. The number of rotatable bonds is 8. The van der Waals surface area contributed by atoms with Crippen LogP contribution >= 0.6 is 11.3 Å². The Balaban J connectivity index is 1.43. The highest BCUT2D eigenvalue weighted by atomic mass is 32.2.